The summed E-state index contributed by atoms with van der Waals surface area (Å²) in [6.07, 6.45) is 0.741. The highest BCUT2D eigenvalue weighted by atomic mass is 35.5. The molecule has 0 N–H and O–H groups in total. The van der Waals surface area contributed by atoms with Gasteiger partial charge in [0.2, 0.25) is 0 Å². The molecule has 0 aliphatic heterocycles. The molecule has 2 rings (SSSR count). The summed E-state index contributed by atoms with van der Waals surface area (Å²) in [5.74, 6) is 1.10. The van der Waals surface area contributed by atoms with Crippen LogP contribution in [0.3, 0.4) is 0 Å². The third-order valence-electron chi connectivity index (χ3n) is 3.48. The molecular formula is C18H18Cl2O2. The average Bonchev–Trinajstić information content (AvgIpc) is 2.55. The van der Waals surface area contributed by atoms with E-state index in [0.29, 0.717) is 23.1 Å². The van der Waals surface area contributed by atoms with Crippen LogP contribution in [-0.2, 0) is 0 Å². The summed E-state index contributed by atoms with van der Waals surface area (Å²) < 4.78 is 5.42. The van der Waals surface area contributed by atoms with Gasteiger partial charge >= 0.3 is 0 Å². The predicted molar refractivity (Wildman–Crippen MR) is 91.5 cm³/mol. The molecule has 0 spiro atoms. The van der Waals surface area contributed by atoms with Gasteiger partial charge in [0.25, 0.3) is 0 Å². The second kappa shape index (κ2) is 8.21. The minimum atomic E-state index is -0.160. The molecule has 0 amide bonds. The topological polar surface area (TPSA) is 26.3 Å². The molecule has 2 aromatic carbocycles. The van der Waals surface area contributed by atoms with Crippen molar-refractivity contribution in [1.29, 1.82) is 0 Å². The summed E-state index contributed by atoms with van der Waals surface area (Å²) in [7, 11) is 0. The second-order valence-electron chi connectivity index (χ2n) is 4.94. The normalized spacial score (nSPS) is 12.0. The Kier molecular flexibility index (Phi) is 6.29. The number of carbonyl (C=O) groups is 1. The van der Waals surface area contributed by atoms with E-state index in [1.54, 1.807) is 24.3 Å². The molecule has 1 unspecified atom stereocenters. The number of carbonyl (C=O) groups excluding carboxylic acids is 1. The Labute approximate surface area is 141 Å². The molecule has 0 bridgehead atoms. The molecule has 116 valence electrons. The minimum Gasteiger partial charge on any atom is -0.492 e. The number of halogens is 2. The summed E-state index contributed by atoms with van der Waals surface area (Å²) in [4.78, 5) is 12.7. The van der Waals surface area contributed by atoms with E-state index in [1.807, 2.05) is 31.2 Å². The van der Waals surface area contributed by atoms with Gasteiger partial charge in [-0.15, -0.1) is 11.6 Å². The monoisotopic (exact) mass is 336 g/mol. The molecule has 2 aromatic rings. The second-order valence-corrected chi connectivity index (χ2v) is 5.75. The first-order valence-electron chi connectivity index (χ1n) is 7.24. The van der Waals surface area contributed by atoms with Crippen LogP contribution >= 0.6 is 23.2 Å². The lowest BCUT2D eigenvalue weighted by Gasteiger charge is -2.15. The first-order valence-corrected chi connectivity index (χ1v) is 8.15. The van der Waals surface area contributed by atoms with E-state index in [1.165, 1.54) is 0 Å². The van der Waals surface area contributed by atoms with Crippen LogP contribution in [0.15, 0.2) is 48.5 Å². The highest BCUT2D eigenvalue weighted by Gasteiger charge is 2.20. The van der Waals surface area contributed by atoms with E-state index in [9.17, 15) is 4.79 Å². The van der Waals surface area contributed by atoms with E-state index in [-0.39, 0.29) is 11.7 Å². The van der Waals surface area contributed by atoms with Crippen molar-refractivity contribution in [3.63, 3.8) is 0 Å². The summed E-state index contributed by atoms with van der Waals surface area (Å²) in [6, 6.07) is 14.6. The van der Waals surface area contributed by atoms with Gasteiger partial charge in [0, 0.05) is 16.5 Å². The molecule has 0 radical (unpaired) electrons. The van der Waals surface area contributed by atoms with Gasteiger partial charge in [-0.3, -0.25) is 4.79 Å². The van der Waals surface area contributed by atoms with Crippen LogP contribution in [0.25, 0.3) is 0 Å². The van der Waals surface area contributed by atoms with Crippen molar-refractivity contribution in [1.82, 2.24) is 0 Å². The number of rotatable bonds is 7. The fraction of sp³-hybridized carbons (Fsp3) is 0.278. The molecule has 0 fully saturated rings. The van der Waals surface area contributed by atoms with Crippen LogP contribution in [0.5, 0.6) is 5.75 Å². The fourth-order valence-electron chi connectivity index (χ4n) is 2.34. The zero-order valence-electron chi connectivity index (χ0n) is 12.4. The van der Waals surface area contributed by atoms with Crippen molar-refractivity contribution in [3.8, 4) is 5.75 Å². The van der Waals surface area contributed by atoms with Gasteiger partial charge in [-0.05, 0) is 48.4 Å². The average molecular weight is 337 g/mol. The number of Topliss-reactive ketones (excluding diaryl/α,β-unsaturated/α-hetero) is 1. The largest absolute Gasteiger partial charge is 0.492 e. The first kappa shape index (κ1) is 16.9. The molecule has 0 aliphatic carbocycles. The smallest absolute Gasteiger partial charge is 0.170 e. The van der Waals surface area contributed by atoms with Gasteiger partial charge < -0.3 is 4.74 Å². The van der Waals surface area contributed by atoms with Crippen LogP contribution in [0.4, 0.5) is 0 Å². The number of hydrogen-bond donors (Lipinski definition) is 0. The Morgan fingerprint density at radius 2 is 1.73 bits per heavy atom. The summed E-state index contributed by atoms with van der Waals surface area (Å²) in [6.45, 7) is 2.46. The molecule has 0 aromatic heterocycles. The molecule has 22 heavy (non-hydrogen) atoms. The zero-order valence-corrected chi connectivity index (χ0v) is 13.9. The maximum Gasteiger partial charge on any atom is 0.170 e. The minimum absolute atomic E-state index is 0.105. The van der Waals surface area contributed by atoms with Gasteiger partial charge in [0.15, 0.2) is 5.78 Å². The maximum absolute atomic E-state index is 12.7. The number of hydrogen-bond acceptors (Lipinski definition) is 2. The molecule has 4 heteroatoms. The van der Waals surface area contributed by atoms with Crippen molar-refractivity contribution in [2.45, 2.75) is 19.3 Å². The lowest BCUT2D eigenvalue weighted by Crippen LogP contribution is -2.12. The Morgan fingerprint density at radius 1 is 1.09 bits per heavy atom. The third-order valence-corrected chi connectivity index (χ3v) is 3.89. The van der Waals surface area contributed by atoms with Gasteiger partial charge in [-0.25, -0.2) is 0 Å². The molecule has 2 nitrogen and oxygen atoms in total. The highest BCUT2D eigenvalue weighted by Crippen LogP contribution is 2.26. The highest BCUT2D eigenvalue weighted by molar-refractivity contribution is 6.30. The molecular weight excluding hydrogens is 319 g/mol. The van der Waals surface area contributed by atoms with Crippen molar-refractivity contribution in [2.75, 3.05) is 12.5 Å². The predicted octanol–water partition coefficient (Wildman–Crippen LogP) is 5.33. The van der Waals surface area contributed by atoms with E-state index < -0.39 is 0 Å². The van der Waals surface area contributed by atoms with Gasteiger partial charge in [-0.1, -0.05) is 30.7 Å². The third kappa shape index (κ3) is 4.25. The fourth-order valence-corrected chi connectivity index (χ4v) is 2.54. The maximum atomic E-state index is 12.7. The summed E-state index contributed by atoms with van der Waals surface area (Å²) in [5.41, 5.74) is 1.67. The Bertz CT molecular complexity index is 606. The lowest BCUT2D eigenvalue weighted by molar-refractivity contribution is 0.0957. The van der Waals surface area contributed by atoms with Gasteiger partial charge in [0.05, 0.1) is 5.88 Å². The number of ketones is 1. The van der Waals surface area contributed by atoms with Crippen LogP contribution < -0.4 is 4.74 Å². The summed E-state index contributed by atoms with van der Waals surface area (Å²) >= 11 is 11.5. The molecule has 1 atom stereocenters. The van der Waals surface area contributed by atoms with Crippen molar-refractivity contribution in [3.05, 3.63) is 64.7 Å². The quantitative estimate of drug-likeness (QED) is 0.504. The van der Waals surface area contributed by atoms with Crippen LogP contribution in [0.2, 0.25) is 5.02 Å². The van der Waals surface area contributed by atoms with Gasteiger partial charge in [0.1, 0.15) is 12.4 Å². The lowest BCUT2D eigenvalue weighted by atomic mass is 9.88. The van der Waals surface area contributed by atoms with Crippen molar-refractivity contribution in [2.24, 2.45) is 0 Å². The first-order chi connectivity index (χ1) is 10.7. The Hall–Kier alpha value is -1.51. The Balaban J connectivity index is 2.15. The molecule has 0 saturated heterocycles. The molecule has 0 heterocycles. The summed E-state index contributed by atoms with van der Waals surface area (Å²) in [5, 5.41) is 0.673. The standard InChI is InChI=1S/C18H18Cl2O2/c1-2-17(13-3-7-15(20)8-4-13)18(21)14-5-9-16(10-6-14)22-12-11-19/h3-10,17H,2,11-12H2,1H3. The van der Waals surface area contributed by atoms with E-state index in [4.69, 9.17) is 27.9 Å². The zero-order chi connectivity index (χ0) is 15.9. The Morgan fingerprint density at radius 3 is 2.27 bits per heavy atom. The van der Waals surface area contributed by atoms with E-state index in [0.717, 1.165) is 17.7 Å². The number of alkyl halides is 1. The van der Waals surface area contributed by atoms with E-state index >= 15 is 0 Å². The molecule has 0 aliphatic rings. The van der Waals surface area contributed by atoms with Crippen molar-refractivity contribution >= 4 is 29.0 Å². The van der Waals surface area contributed by atoms with Crippen LogP contribution in [0.1, 0.15) is 35.2 Å². The van der Waals surface area contributed by atoms with Crippen LogP contribution in [0, 0.1) is 0 Å². The SMILES string of the molecule is CCC(C(=O)c1ccc(OCCCl)cc1)c1ccc(Cl)cc1. The molecule has 0 saturated carbocycles. The van der Waals surface area contributed by atoms with Crippen LogP contribution in [-0.4, -0.2) is 18.3 Å². The van der Waals surface area contributed by atoms with Crippen molar-refractivity contribution < 1.29 is 9.53 Å². The number of benzene rings is 2. The number of ether oxygens (including phenoxy) is 1. The van der Waals surface area contributed by atoms with Gasteiger partial charge in [-0.2, -0.15) is 0 Å². The van der Waals surface area contributed by atoms with E-state index in [2.05, 4.69) is 0 Å².